The molecule has 0 radical (unpaired) electrons. The van der Waals surface area contributed by atoms with Crippen molar-refractivity contribution in [3.05, 3.63) is 61.3 Å². The van der Waals surface area contributed by atoms with Crippen LogP contribution in [0.15, 0.2) is 39.2 Å². The average molecular weight is 589 g/mol. The number of halogens is 6. The van der Waals surface area contributed by atoms with Crippen LogP contribution in [0, 0.1) is 15.9 Å². The van der Waals surface area contributed by atoms with E-state index in [9.17, 15) is 31.9 Å². The van der Waals surface area contributed by atoms with Crippen LogP contribution in [-0.4, -0.2) is 26.5 Å². The number of nitro groups is 1. The molecule has 7 nitrogen and oxygen atoms in total. The third kappa shape index (κ3) is 7.64. The fourth-order valence-electron chi connectivity index (χ4n) is 2.68. The Balaban J connectivity index is 2.60. The Morgan fingerprint density at radius 1 is 1.32 bits per heavy atom. The summed E-state index contributed by atoms with van der Waals surface area (Å²) in [6.07, 6.45) is -4.02. The van der Waals surface area contributed by atoms with Gasteiger partial charge < -0.3 is 10.1 Å². The molecule has 0 heterocycles. The zero-order valence-electron chi connectivity index (χ0n) is 18.0. The Bertz CT molecular complexity index is 1130. The van der Waals surface area contributed by atoms with Crippen molar-refractivity contribution >= 4 is 56.1 Å². The van der Waals surface area contributed by atoms with Crippen LogP contribution in [0.1, 0.15) is 38.8 Å². The van der Waals surface area contributed by atoms with Gasteiger partial charge in [-0.05, 0) is 54.9 Å². The Hall–Kier alpha value is -2.25. The summed E-state index contributed by atoms with van der Waals surface area (Å²) in [7, 11) is -1.67. The number of alkyl halides is 3. The molecular weight excluding hydrogens is 570 g/mol. The molecule has 2 aromatic carbocycles. The molecule has 34 heavy (non-hydrogen) atoms. The number of ether oxygens (including phenoxy) is 1. The molecule has 0 spiro atoms. The highest BCUT2D eigenvalue weighted by atomic mass is 79.9. The summed E-state index contributed by atoms with van der Waals surface area (Å²) in [6, 6.07) is 4.15. The molecule has 0 fully saturated rings. The fraction of sp³-hybridized carbons (Fsp3) is 0.350. The predicted molar refractivity (Wildman–Crippen MR) is 126 cm³/mol. The minimum Gasteiger partial charge on any atom is -0.405 e. The van der Waals surface area contributed by atoms with E-state index >= 15 is 0 Å². The van der Waals surface area contributed by atoms with Crippen molar-refractivity contribution in [2.75, 3.05) is 5.32 Å². The van der Waals surface area contributed by atoms with Gasteiger partial charge in [0.1, 0.15) is 28.2 Å². The standard InChI is InChI=1S/C20H19BrClF4N3O4S/c1-19(2,3)34(32)27-8-7-14(18-12(22)5-4-6-17(18)33-20(24,25)26)28-15-9-11(21)13(23)10-16(15)29(30)31/h4-6,8-10,14,28H,7H2,1-3H3/b27-8-/t14-,34-/m1/s1. The third-order valence-electron chi connectivity index (χ3n) is 4.19. The van der Waals surface area contributed by atoms with Crippen LogP contribution in [0.2, 0.25) is 5.02 Å². The second kappa shape index (κ2) is 11.0. The lowest BCUT2D eigenvalue weighted by atomic mass is 10.0. The minimum absolute atomic E-state index is 0.118. The van der Waals surface area contributed by atoms with Crippen LogP contribution in [0.5, 0.6) is 5.75 Å². The number of nitro benzene ring substituents is 1. The van der Waals surface area contributed by atoms with Crippen LogP contribution in [0.3, 0.4) is 0 Å². The van der Waals surface area contributed by atoms with E-state index in [2.05, 4.69) is 30.4 Å². The molecule has 0 saturated carbocycles. The minimum atomic E-state index is -5.04. The number of rotatable bonds is 8. The Kier molecular flexibility index (Phi) is 9.05. The highest BCUT2D eigenvalue weighted by Gasteiger charge is 2.34. The number of hydrogen-bond acceptors (Lipinski definition) is 5. The second-order valence-corrected chi connectivity index (χ2v) is 11.0. The van der Waals surface area contributed by atoms with Crippen LogP contribution < -0.4 is 10.1 Å². The van der Waals surface area contributed by atoms with Crippen LogP contribution in [0.25, 0.3) is 0 Å². The van der Waals surface area contributed by atoms with Crippen LogP contribution in [0.4, 0.5) is 28.9 Å². The monoisotopic (exact) mass is 587 g/mol. The fourth-order valence-corrected chi connectivity index (χ4v) is 3.86. The molecular formula is C20H19BrClF4N3O4S. The number of nitrogens with zero attached hydrogens (tertiary/aromatic N) is 2. The van der Waals surface area contributed by atoms with Gasteiger partial charge in [-0.15, -0.1) is 13.2 Å². The molecule has 186 valence electrons. The summed E-state index contributed by atoms with van der Waals surface area (Å²) in [5.41, 5.74) is -1.04. The summed E-state index contributed by atoms with van der Waals surface area (Å²) < 4.78 is 72.4. The van der Waals surface area contributed by atoms with Gasteiger partial charge in [-0.25, -0.2) is 8.60 Å². The van der Waals surface area contributed by atoms with Gasteiger partial charge in [0.2, 0.25) is 0 Å². The van der Waals surface area contributed by atoms with Crippen molar-refractivity contribution in [2.24, 2.45) is 4.40 Å². The first-order valence-corrected chi connectivity index (χ1v) is 11.8. The molecule has 0 bridgehead atoms. The zero-order chi connectivity index (χ0) is 25.8. The van der Waals surface area contributed by atoms with Gasteiger partial charge in [0.05, 0.1) is 26.3 Å². The van der Waals surface area contributed by atoms with E-state index in [1.807, 2.05) is 0 Å². The third-order valence-corrected chi connectivity index (χ3v) is 6.51. The largest absolute Gasteiger partial charge is 0.573 e. The molecule has 0 amide bonds. The lowest BCUT2D eigenvalue weighted by Crippen LogP contribution is -2.21. The summed E-state index contributed by atoms with van der Waals surface area (Å²) in [4.78, 5) is 10.6. The number of hydrogen-bond donors (Lipinski definition) is 1. The zero-order valence-corrected chi connectivity index (χ0v) is 21.1. The van der Waals surface area contributed by atoms with Crippen molar-refractivity contribution < 1.29 is 31.4 Å². The molecule has 0 aliphatic heterocycles. The smallest absolute Gasteiger partial charge is 0.405 e. The highest BCUT2D eigenvalue weighted by molar-refractivity contribution is 9.10. The van der Waals surface area contributed by atoms with Crippen molar-refractivity contribution in [3.63, 3.8) is 0 Å². The van der Waals surface area contributed by atoms with Gasteiger partial charge in [-0.3, -0.25) is 10.1 Å². The lowest BCUT2D eigenvalue weighted by molar-refractivity contribution is -0.384. The van der Waals surface area contributed by atoms with Gasteiger partial charge in [0.25, 0.3) is 5.69 Å². The van der Waals surface area contributed by atoms with E-state index in [0.717, 1.165) is 12.1 Å². The molecule has 0 aliphatic rings. The van der Waals surface area contributed by atoms with E-state index in [0.29, 0.717) is 6.07 Å². The summed E-state index contributed by atoms with van der Waals surface area (Å²) in [5.74, 6) is -1.55. The highest BCUT2D eigenvalue weighted by Crippen LogP contribution is 2.40. The average Bonchev–Trinajstić information content (AvgIpc) is 2.67. The maximum Gasteiger partial charge on any atom is 0.573 e. The topological polar surface area (TPSA) is 93.8 Å². The quantitative estimate of drug-likeness (QED) is 0.153. The summed E-state index contributed by atoms with van der Waals surface area (Å²) in [6.45, 7) is 5.04. The predicted octanol–water partition coefficient (Wildman–Crippen LogP) is 7.12. The second-order valence-electron chi connectivity index (χ2n) is 7.82. The van der Waals surface area contributed by atoms with Crippen molar-refractivity contribution in [1.82, 2.24) is 0 Å². The Morgan fingerprint density at radius 2 is 1.97 bits per heavy atom. The molecule has 0 aliphatic carbocycles. The summed E-state index contributed by atoms with van der Waals surface area (Å²) in [5, 5.41) is 14.1. The molecule has 2 aromatic rings. The molecule has 1 N–H and O–H groups in total. The van der Waals surface area contributed by atoms with Crippen LogP contribution >= 0.6 is 27.5 Å². The summed E-state index contributed by atoms with van der Waals surface area (Å²) >= 11 is 9.13. The van der Waals surface area contributed by atoms with Gasteiger partial charge >= 0.3 is 6.36 Å². The van der Waals surface area contributed by atoms with E-state index in [1.165, 1.54) is 18.3 Å². The molecule has 14 heteroatoms. The molecule has 2 rings (SSSR count). The SMILES string of the molecule is CC(C)(C)[S@@](=O)/N=C\C[C@@H](Nc1cc(Br)c(F)cc1[N+](=O)[O-])c1c(Cl)cccc1OC(F)(F)F. The van der Waals surface area contributed by atoms with E-state index in [4.69, 9.17) is 11.6 Å². The maximum atomic E-state index is 13.9. The molecule has 0 saturated heterocycles. The lowest BCUT2D eigenvalue weighted by Gasteiger charge is -2.23. The normalized spacial score (nSPS) is 14.1. The van der Waals surface area contributed by atoms with Gasteiger partial charge in [0, 0.05) is 23.2 Å². The van der Waals surface area contributed by atoms with E-state index in [1.54, 1.807) is 20.8 Å². The van der Waals surface area contributed by atoms with Gasteiger partial charge in [-0.2, -0.15) is 4.40 Å². The Morgan fingerprint density at radius 3 is 2.53 bits per heavy atom. The molecule has 2 atom stereocenters. The van der Waals surface area contributed by atoms with Crippen molar-refractivity contribution in [1.29, 1.82) is 0 Å². The van der Waals surface area contributed by atoms with Crippen LogP contribution in [-0.2, 0) is 11.0 Å². The molecule has 0 unspecified atom stereocenters. The number of benzene rings is 2. The first kappa shape index (κ1) is 28.0. The number of anilines is 1. The maximum absolute atomic E-state index is 13.9. The van der Waals surface area contributed by atoms with Gasteiger partial charge in [-0.1, -0.05) is 17.7 Å². The van der Waals surface area contributed by atoms with Gasteiger partial charge in [0.15, 0.2) is 0 Å². The first-order valence-electron chi connectivity index (χ1n) is 9.49. The Labute approximate surface area is 208 Å². The number of nitrogens with one attached hydrogen (secondary N) is 1. The van der Waals surface area contributed by atoms with Crippen molar-refractivity contribution in [3.8, 4) is 5.75 Å². The van der Waals surface area contributed by atoms with E-state index in [-0.39, 0.29) is 27.2 Å². The molecule has 0 aromatic heterocycles. The van der Waals surface area contributed by atoms with E-state index < -0.39 is 50.3 Å². The van der Waals surface area contributed by atoms with Crippen molar-refractivity contribution in [2.45, 2.75) is 44.3 Å². The first-order chi connectivity index (χ1) is 15.6.